The first-order valence-electron chi connectivity index (χ1n) is 7.58. The van der Waals surface area contributed by atoms with Crippen molar-refractivity contribution in [3.63, 3.8) is 0 Å². The second kappa shape index (κ2) is 7.23. The molecule has 122 valence electrons. The Morgan fingerprint density at radius 2 is 2.04 bits per heavy atom. The van der Waals surface area contributed by atoms with Crippen molar-refractivity contribution < 1.29 is 4.79 Å². The largest absolute Gasteiger partial charge is 0.337 e. The van der Waals surface area contributed by atoms with E-state index in [1.165, 1.54) is 0 Å². The second-order valence-electron chi connectivity index (χ2n) is 5.75. The van der Waals surface area contributed by atoms with Crippen LogP contribution in [0.15, 0.2) is 36.9 Å². The van der Waals surface area contributed by atoms with Gasteiger partial charge >= 0.3 is 6.03 Å². The van der Waals surface area contributed by atoms with Crippen LogP contribution in [0.1, 0.15) is 12.8 Å². The van der Waals surface area contributed by atoms with Gasteiger partial charge in [0.2, 0.25) is 0 Å². The van der Waals surface area contributed by atoms with Gasteiger partial charge in [-0.25, -0.2) is 9.78 Å². The standard InChI is InChI=1S/C16H18Cl2N4O/c17-14-2-1-13(9-15(14)18)20-16(23)22-6-3-12(4-7-22)10-21-8-5-19-11-21/h1-2,5,8-9,11-12H,3-4,6-7,10H2,(H,20,23). The lowest BCUT2D eigenvalue weighted by Crippen LogP contribution is -2.41. The Hall–Kier alpha value is -1.72. The van der Waals surface area contributed by atoms with Crippen molar-refractivity contribution in [1.29, 1.82) is 0 Å². The fourth-order valence-corrected chi connectivity index (χ4v) is 3.09. The Labute approximate surface area is 145 Å². The third-order valence-electron chi connectivity index (χ3n) is 4.10. The summed E-state index contributed by atoms with van der Waals surface area (Å²) in [4.78, 5) is 18.2. The lowest BCUT2D eigenvalue weighted by molar-refractivity contribution is 0.177. The molecule has 0 radical (unpaired) electrons. The Kier molecular flexibility index (Phi) is 5.08. The number of hydrogen-bond acceptors (Lipinski definition) is 2. The van der Waals surface area contributed by atoms with Crippen molar-refractivity contribution >= 4 is 34.9 Å². The normalized spacial score (nSPS) is 15.7. The number of carbonyl (C=O) groups excluding carboxylic acids is 1. The fraction of sp³-hybridized carbons (Fsp3) is 0.375. The van der Waals surface area contributed by atoms with Gasteiger partial charge in [0.1, 0.15) is 0 Å². The van der Waals surface area contributed by atoms with Crippen molar-refractivity contribution in [2.45, 2.75) is 19.4 Å². The summed E-state index contributed by atoms with van der Waals surface area (Å²) in [5, 5.41) is 3.78. The van der Waals surface area contributed by atoms with E-state index in [1.54, 1.807) is 24.4 Å². The number of nitrogens with one attached hydrogen (secondary N) is 1. The molecule has 0 spiro atoms. The van der Waals surface area contributed by atoms with Crippen LogP contribution in [0.25, 0.3) is 0 Å². The summed E-state index contributed by atoms with van der Waals surface area (Å²) < 4.78 is 2.09. The Bertz CT molecular complexity index is 667. The predicted molar refractivity (Wildman–Crippen MR) is 92.0 cm³/mol. The number of piperidine rings is 1. The van der Waals surface area contributed by atoms with Crippen LogP contribution in [0.2, 0.25) is 10.0 Å². The van der Waals surface area contributed by atoms with Crippen LogP contribution in [0.5, 0.6) is 0 Å². The highest BCUT2D eigenvalue weighted by atomic mass is 35.5. The number of anilines is 1. The molecule has 2 aromatic rings. The second-order valence-corrected chi connectivity index (χ2v) is 6.56. The molecule has 1 saturated heterocycles. The third kappa shape index (κ3) is 4.18. The van der Waals surface area contributed by atoms with E-state index < -0.39 is 0 Å². The molecule has 2 amide bonds. The molecule has 1 fully saturated rings. The molecule has 1 aromatic heterocycles. The molecule has 0 unspecified atom stereocenters. The van der Waals surface area contributed by atoms with Crippen molar-refractivity contribution in [3.8, 4) is 0 Å². The topological polar surface area (TPSA) is 50.2 Å². The molecule has 3 rings (SSSR count). The van der Waals surface area contributed by atoms with E-state index in [0.717, 1.165) is 32.5 Å². The van der Waals surface area contributed by atoms with Crippen LogP contribution < -0.4 is 5.32 Å². The van der Waals surface area contributed by atoms with Gasteiger partial charge in [0.05, 0.1) is 16.4 Å². The quantitative estimate of drug-likeness (QED) is 0.902. The number of amides is 2. The van der Waals surface area contributed by atoms with E-state index in [9.17, 15) is 4.79 Å². The van der Waals surface area contributed by atoms with E-state index in [2.05, 4.69) is 14.9 Å². The first-order valence-corrected chi connectivity index (χ1v) is 8.34. The van der Waals surface area contributed by atoms with Gasteiger partial charge in [0.25, 0.3) is 0 Å². The smallest absolute Gasteiger partial charge is 0.321 e. The minimum atomic E-state index is -0.0931. The molecule has 0 aliphatic carbocycles. The zero-order valence-corrected chi connectivity index (χ0v) is 14.1. The molecule has 2 heterocycles. The molecular weight excluding hydrogens is 335 g/mol. The summed E-state index contributed by atoms with van der Waals surface area (Å²) in [7, 11) is 0. The van der Waals surface area contributed by atoms with Gasteiger partial charge in [-0.05, 0) is 37.0 Å². The molecule has 0 saturated carbocycles. The predicted octanol–water partition coefficient (Wildman–Crippen LogP) is 4.13. The third-order valence-corrected chi connectivity index (χ3v) is 4.84. The van der Waals surface area contributed by atoms with E-state index in [4.69, 9.17) is 23.2 Å². The van der Waals surface area contributed by atoms with Crippen LogP contribution in [-0.4, -0.2) is 33.6 Å². The maximum Gasteiger partial charge on any atom is 0.321 e. The van der Waals surface area contributed by atoms with Gasteiger partial charge in [0.15, 0.2) is 0 Å². The SMILES string of the molecule is O=C(Nc1ccc(Cl)c(Cl)c1)N1CCC(Cn2ccnc2)CC1. The highest BCUT2D eigenvalue weighted by Gasteiger charge is 2.23. The molecule has 1 N–H and O–H groups in total. The van der Waals surface area contributed by atoms with Crippen LogP contribution in [-0.2, 0) is 6.54 Å². The van der Waals surface area contributed by atoms with Crippen LogP contribution in [0, 0.1) is 5.92 Å². The monoisotopic (exact) mass is 352 g/mol. The molecule has 1 aromatic carbocycles. The minimum Gasteiger partial charge on any atom is -0.337 e. The van der Waals surface area contributed by atoms with Crippen LogP contribution >= 0.6 is 23.2 Å². The van der Waals surface area contributed by atoms with Gasteiger partial charge in [-0.2, -0.15) is 0 Å². The molecule has 1 aliphatic rings. The van der Waals surface area contributed by atoms with E-state index in [0.29, 0.717) is 21.7 Å². The van der Waals surface area contributed by atoms with Crippen molar-refractivity contribution in [1.82, 2.24) is 14.5 Å². The minimum absolute atomic E-state index is 0.0931. The number of nitrogens with zero attached hydrogens (tertiary/aromatic N) is 3. The first kappa shape index (κ1) is 16.1. The molecule has 5 nitrogen and oxygen atoms in total. The Balaban J connectivity index is 1.50. The average molecular weight is 353 g/mol. The van der Waals surface area contributed by atoms with Gasteiger partial charge in [-0.3, -0.25) is 0 Å². The summed E-state index contributed by atoms with van der Waals surface area (Å²) in [5.74, 6) is 0.582. The zero-order valence-electron chi connectivity index (χ0n) is 12.6. The molecule has 0 bridgehead atoms. The molecule has 7 heteroatoms. The number of benzene rings is 1. The maximum atomic E-state index is 12.3. The number of urea groups is 1. The fourth-order valence-electron chi connectivity index (χ4n) is 2.79. The number of imidazole rings is 1. The van der Waals surface area contributed by atoms with Gasteiger partial charge in [0, 0.05) is 37.7 Å². The van der Waals surface area contributed by atoms with Crippen LogP contribution in [0.4, 0.5) is 10.5 Å². The Morgan fingerprint density at radius 1 is 1.26 bits per heavy atom. The van der Waals surface area contributed by atoms with Crippen LogP contribution in [0.3, 0.4) is 0 Å². The number of rotatable bonds is 3. The van der Waals surface area contributed by atoms with Gasteiger partial charge in [-0.15, -0.1) is 0 Å². The van der Waals surface area contributed by atoms with Crippen molar-refractivity contribution in [3.05, 3.63) is 47.0 Å². The lowest BCUT2D eigenvalue weighted by atomic mass is 9.97. The molecular formula is C16H18Cl2N4O. The summed E-state index contributed by atoms with van der Waals surface area (Å²) in [6.07, 6.45) is 7.59. The Morgan fingerprint density at radius 3 is 2.70 bits per heavy atom. The molecule has 23 heavy (non-hydrogen) atoms. The van der Waals surface area contributed by atoms with E-state index in [-0.39, 0.29) is 6.03 Å². The number of aromatic nitrogens is 2. The summed E-state index contributed by atoms with van der Waals surface area (Å²) in [6.45, 7) is 2.47. The zero-order chi connectivity index (χ0) is 16.2. The molecule has 1 aliphatic heterocycles. The average Bonchev–Trinajstić information content (AvgIpc) is 3.04. The number of hydrogen-bond donors (Lipinski definition) is 1. The van der Waals surface area contributed by atoms with E-state index in [1.807, 2.05) is 17.4 Å². The van der Waals surface area contributed by atoms with Crippen molar-refractivity contribution in [2.75, 3.05) is 18.4 Å². The number of carbonyl (C=O) groups is 1. The van der Waals surface area contributed by atoms with Gasteiger partial charge < -0.3 is 14.8 Å². The first-order chi connectivity index (χ1) is 11.1. The lowest BCUT2D eigenvalue weighted by Gasteiger charge is -2.32. The number of likely N-dealkylation sites (tertiary alicyclic amines) is 1. The highest BCUT2D eigenvalue weighted by molar-refractivity contribution is 6.42. The summed E-state index contributed by atoms with van der Waals surface area (Å²) >= 11 is 11.8. The summed E-state index contributed by atoms with van der Waals surface area (Å²) in [5.41, 5.74) is 0.657. The molecule has 0 atom stereocenters. The maximum absolute atomic E-state index is 12.3. The van der Waals surface area contributed by atoms with Crippen molar-refractivity contribution in [2.24, 2.45) is 5.92 Å². The summed E-state index contributed by atoms with van der Waals surface area (Å²) in [6, 6.07) is 4.99. The number of halogens is 2. The van der Waals surface area contributed by atoms with E-state index >= 15 is 0 Å². The highest BCUT2D eigenvalue weighted by Crippen LogP contribution is 2.26. The van der Waals surface area contributed by atoms with Gasteiger partial charge in [-0.1, -0.05) is 23.2 Å².